The maximum atomic E-state index is 7.08. The molecule has 0 saturated carbocycles. The topological polar surface area (TPSA) is 84.4 Å². The smallest absolute Gasteiger partial charge is 0.0842 e. The Bertz CT molecular complexity index is 563. The van der Waals surface area contributed by atoms with Crippen molar-refractivity contribution in [1.29, 1.82) is 0 Å². The Morgan fingerprint density at radius 1 is 0.581 bits per heavy atom. The summed E-state index contributed by atoms with van der Waals surface area (Å²) in [5, 5.41) is 0. The average molecular weight is 439 g/mol. The molecule has 0 bridgehead atoms. The Morgan fingerprint density at radius 3 is 1.19 bits per heavy atom. The van der Waals surface area contributed by atoms with Gasteiger partial charge in [-0.15, -0.1) is 0 Å². The zero-order valence-corrected chi connectivity index (χ0v) is 18.9. The SMILES string of the molecule is CC1OC1CC(CC1CO1)C(CC1CO1)OC(CC1CO1)C(CC1CO1)CC1OC1C. The molecule has 0 aliphatic carbocycles. The molecule has 0 aromatic rings. The second kappa shape index (κ2) is 8.82. The van der Waals surface area contributed by atoms with E-state index in [1.165, 1.54) is 0 Å². The third-order valence-corrected chi connectivity index (χ3v) is 7.88. The van der Waals surface area contributed by atoms with Gasteiger partial charge < -0.3 is 33.2 Å². The van der Waals surface area contributed by atoms with Gasteiger partial charge in [-0.1, -0.05) is 0 Å². The number of ether oxygens (including phenoxy) is 7. The Morgan fingerprint density at radius 2 is 0.903 bits per heavy atom. The summed E-state index contributed by atoms with van der Waals surface area (Å²) < 4.78 is 41.2. The molecule has 0 aromatic heterocycles. The molecule has 31 heavy (non-hydrogen) atoms. The first-order valence-corrected chi connectivity index (χ1v) is 12.5. The van der Waals surface area contributed by atoms with Crippen LogP contribution in [0.5, 0.6) is 0 Å². The maximum Gasteiger partial charge on any atom is 0.0842 e. The summed E-state index contributed by atoms with van der Waals surface area (Å²) in [6.07, 6.45) is 9.54. The first-order chi connectivity index (χ1) is 15.1. The number of hydrogen-bond donors (Lipinski definition) is 0. The monoisotopic (exact) mass is 438 g/mol. The highest BCUT2D eigenvalue weighted by atomic mass is 16.6. The van der Waals surface area contributed by atoms with Crippen LogP contribution in [0.3, 0.4) is 0 Å². The van der Waals surface area contributed by atoms with Crippen LogP contribution in [0.4, 0.5) is 0 Å². The van der Waals surface area contributed by atoms with Crippen LogP contribution >= 0.6 is 0 Å². The van der Waals surface area contributed by atoms with E-state index in [1.54, 1.807) is 0 Å². The summed E-state index contributed by atoms with van der Waals surface area (Å²) in [4.78, 5) is 0. The van der Waals surface area contributed by atoms with Crippen molar-refractivity contribution in [2.75, 3.05) is 26.4 Å². The molecule has 12 unspecified atom stereocenters. The quantitative estimate of drug-likeness (QED) is 0.342. The number of rotatable bonds is 16. The van der Waals surface area contributed by atoms with Gasteiger partial charge in [0.05, 0.1) is 87.5 Å². The lowest BCUT2D eigenvalue weighted by Gasteiger charge is -2.34. The van der Waals surface area contributed by atoms with Gasteiger partial charge in [-0.25, -0.2) is 0 Å². The summed E-state index contributed by atoms with van der Waals surface area (Å²) in [7, 11) is 0. The van der Waals surface area contributed by atoms with E-state index in [2.05, 4.69) is 13.8 Å². The fraction of sp³-hybridized carbons (Fsp3) is 1.00. The Balaban J connectivity index is 1.17. The Kier molecular flexibility index (Phi) is 6.05. The van der Waals surface area contributed by atoms with Crippen LogP contribution in [0.2, 0.25) is 0 Å². The van der Waals surface area contributed by atoms with Crippen LogP contribution in [0.25, 0.3) is 0 Å². The highest BCUT2D eigenvalue weighted by Crippen LogP contribution is 2.41. The van der Waals surface area contributed by atoms with Gasteiger partial charge in [0.1, 0.15) is 0 Å². The van der Waals surface area contributed by atoms with E-state index in [0.29, 0.717) is 60.7 Å². The minimum Gasteiger partial charge on any atom is -0.374 e. The van der Waals surface area contributed by atoms with Crippen molar-refractivity contribution in [3.05, 3.63) is 0 Å². The molecule has 176 valence electrons. The zero-order valence-electron chi connectivity index (χ0n) is 18.9. The maximum absolute atomic E-state index is 7.08. The second-order valence-corrected chi connectivity index (χ2v) is 10.7. The van der Waals surface area contributed by atoms with Crippen LogP contribution in [0, 0.1) is 11.8 Å². The average Bonchev–Trinajstić information content (AvgIpc) is 3.49. The molecule has 0 aromatic carbocycles. The molecule has 0 spiro atoms. The van der Waals surface area contributed by atoms with Gasteiger partial charge in [-0.2, -0.15) is 0 Å². The molecule has 0 radical (unpaired) electrons. The fourth-order valence-corrected chi connectivity index (χ4v) is 5.30. The van der Waals surface area contributed by atoms with Crippen molar-refractivity contribution in [1.82, 2.24) is 0 Å². The summed E-state index contributed by atoms with van der Waals surface area (Å²) in [6, 6.07) is 0. The molecule has 6 fully saturated rings. The normalized spacial score (nSPS) is 45.5. The molecule has 7 heteroatoms. The molecule has 6 aliphatic heterocycles. The van der Waals surface area contributed by atoms with Crippen molar-refractivity contribution >= 4 is 0 Å². The molecular formula is C24H38O7. The molecule has 12 atom stereocenters. The van der Waals surface area contributed by atoms with E-state index < -0.39 is 0 Å². The second-order valence-electron chi connectivity index (χ2n) is 10.7. The molecule has 7 nitrogen and oxygen atoms in total. The van der Waals surface area contributed by atoms with Crippen molar-refractivity contribution in [2.24, 2.45) is 11.8 Å². The Labute approximate surface area is 185 Å². The van der Waals surface area contributed by atoms with Gasteiger partial charge >= 0.3 is 0 Å². The van der Waals surface area contributed by atoms with Gasteiger partial charge in [-0.3, -0.25) is 0 Å². The van der Waals surface area contributed by atoms with Crippen LogP contribution in [0.1, 0.15) is 52.4 Å². The van der Waals surface area contributed by atoms with Crippen molar-refractivity contribution in [2.45, 2.75) is 113 Å². The number of epoxide rings is 6. The van der Waals surface area contributed by atoms with E-state index >= 15 is 0 Å². The fourth-order valence-electron chi connectivity index (χ4n) is 5.30. The van der Waals surface area contributed by atoms with Crippen molar-refractivity contribution in [3.8, 4) is 0 Å². The van der Waals surface area contributed by atoms with Crippen LogP contribution in [-0.4, -0.2) is 87.5 Å². The van der Waals surface area contributed by atoms with Crippen LogP contribution in [0.15, 0.2) is 0 Å². The van der Waals surface area contributed by atoms with E-state index in [-0.39, 0.29) is 12.2 Å². The van der Waals surface area contributed by atoms with Gasteiger partial charge in [-0.05, 0) is 51.4 Å². The van der Waals surface area contributed by atoms with E-state index in [4.69, 9.17) is 33.2 Å². The lowest BCUT2D eigenvalue weighted by molar-refractivity contribution is -0.0893. The summed E-state index contributed by atoms with van der Waals surface area (Å²) >= 11 is 0. The molecule has 6 saturated heterocycles. The molecule has 6 aliphatic rings. The molecule has 0 amide bonds. The van der Waals surface area contributed by atoms with Crippen LogP contribution in [-0.2, 0) is 33.2 Å². The third-order valence-electron chi connectivity index (χ3n) is 7.88. The van der Waals surface area contributed by atoms with E-state index in [9.17, 15) is 0 Å². The first-order valence-electron chi connectivity index (χ1n) is 12.5. The first kappa shape index (κ1) is 21.3. The van der Waals surface area contributed by atoms with Crippen LogP contribution < -0.4 is 0 Å². The highest BCUT2D eigenvalue weighted by molar-refractivity contribution is 4.94. The van der Waals surface area contributed by atoms with Gasteiger partial charge in [0.15, 0.2) is 0 Å². The van der Waals surface area contributed by atoms with Gasteiger partial charge in [0, 0.05) is 12.8 Å². The van der Waals surface area contributed by atoms with E-state index in [0.717, 1.165) is 65.0 Å². The largest absolute Gasteiger partial charge is 0.374 e. The highest BCUT2D eigenvalue weighted by Gasteiger charge is 2.46. The standard InChI is InChI=1S/C24H38O7/c1-13-21(29-13)5-15(3-17-9-25-17)23(7-19-11-27-19)31-24(8-20-12-28-20)16(4-18-10-26-18)6-22-14(2)30-22/h13-24H,3-12H2,1-2H3. The minimum atomic E-state index is 0.178. The summed E-state index contributed by atoms with van der Waals surface area (Å²) in [5.41, 5.74) is 0. The summed E-state index contributed by atoms with van der Waals surface area (Å²) in [6.45, 7) is 7.86. The predicted octanol–water partition coefficient (Wildman–Crippen LogP) is 2.48. The molecule has 6 heterocycles. The van der Waals surface area contributed by atoms with Crippen molar-refractivity contribution in [3.63, 3.8) is 0 Å². The predicted molar refractivity (Wildman–Crippen MR) is 111 cm³/mol. The lowest BCUT2D eigenvalue weighted by atomic mass is 9.86. The van der Waals surface area contributed by atoms with Crippen molar-refractivity contribution < 1.29 is 33.2 Å². The molecule has 0 N–H and O–H groups in total. The lowest BCUT2D eigenvalue weighted by Crippen LogP contribution is -2.37. The zero-order chi connectivity index (χ0) is 20.9. The van der Waals surface area contributed by atoms with Gasteiger partial charge in [0.2, 0.25) is 0 Å². The number of hydrogen-bond acceptors (Lipinski definition) is 7. The minimum absolute atomic E-state index is 0.178. The van der Waals surface area contributed by atoms with Gasteiger partial charge in [0.25, 0.3) is 0 Å². The van der Waals surface area contributed by atoms with E-state index in [1.807, 2.05) is 0 Å². The molecule has 6 rings (SSSR count). The molecular weight excluding hydrogens is 400 g/mol. The Hall–Kier alpha value is -0.280. The third kappa shape index (κ3) is 6.40. The summed E-state index contributed by atoms with van der Waals surface area (Å²) in [5.74, 6) is 0.895.